The van der Waals surface area contributed by atoms with Gasteiger partial charge in [0.1, 0.15) is 6.54 Å². The van der Waals surface area contributed by atoms with Crippen LogP contribution in [0.4, 0.5) is 0 Å². The van der Waals surface area contributed by atoms with Crippen LogP contribution in [0.15, 0.2) is 36.4 Å². The molecule has 3 fully saturated rings. The number of aryl methyl sites for hydroxylation is 1. The molecule has 1 N–H and O–H groups in total. The number of benzene rings is 1. The Kier molecular flexibility index (Phi) is 3.74. The van der Waals surface area contributed by atoms with Gasteiger partial charge in [0.15, 0.2) is 0 Å². The molecule has 27 heavy (non-hydrogen) atoms. The molecule has 4 aliphatic rings. The second-order valence-corrected chi connectivity index (χ2v) is 8.56. The highest BCUT2D eigenvalue weighted by Gasteiger charge is 2.59. The summed E-state index contributed by atoms with van der Waals surface area (Å²) in [5.74, 6) is -0.234. The van der Waals surface area contributed by atoms with Crippen LogP contribution in [0.2, 0.25) is 0 Å². The average Bonchev–Trinajstić information content (AvgIpc) is 3.21. The molecule has 2 bridgehead atoms. The molecule has 1 aromatic rings. The quantitative estimate of drug-likeness (QED) is 0.644. The zero-order valence-electron chi connectivity index (χ0n) is 15.4. The van der Waals surface area contributed by atoms with E-state index in [1.54, 1.807) is 0 Å². The summed E-state index contributed by atoms with van der Waals surface area (Å²) in [7, 11) is 0. The highest BCUT2D eigenvalue weighted by molar-refractivity contribution is 6.08. The third kappa shape index (κ3) is 2.71. The van der Waals surface area contributed by atoms with E-state index in [-0.39, 0.29) is 54.0 Å². The second kappa shape index (κ2) is 6.04. The van der Waals surface area contributed by atoms with Gasteiger partial charge in [0, 0.05) is 0 Å². The summed E-state index contributed by atoms with van der Waals surface area (Å²) in [5.41, 5.74) is 2.28. The topological polar surface area (TPSA) is 66.5 Å². The van der Waals surface area contributed by atoms with Gasteiger partial charge < -0.3 is 5.32 Å². The Morgan fingerprint density at radius 2 is 1.67 bits per heavy atom. The molecule has 5 atom stereocenters. The minimum Gasteiger partial charge on any atom is -0.347 e. The Bertz CT molecular complexity index is 810. The first-order valence-corrected chi connectivity index (χ1v) is 9.92. The molecule has 2 saturated carbocycles. The highest BCUT2D eigenvalue weighted by Crippen LogP contribution is 2.52. The van der Waals surface area contributed by atoms with Gasteiger partial charge in [-0.05, 0) is 49.5 Å². The lowest BCUT2D eigenvalue weighted by Crippen LogP contribution is -2.43. The van der Waals surface area contributed by atoms with Crippen molar-refractivity contribution in [1.82, 2.24) is 10.2 Å². The first kappa shape index (κ1) is 16.7. The lowest BCUT2D eigenvalue weighted by Gasteiger charge is -2.22. The number of amides is 3. The van der Waals surface area contributed by atoms with E-state index in [9.17, 15) is 14.4 Å². The molecular formula is C22H24N2O3. The number of fused-ring (bicyclic) bond motifs is 5. The highest BCUT2D eigenvalue weighted by atomic mass is 16.2. The molecule has 0 aromatic heterocycles. The minimum atomic E-state index is -0.241. The van der Waals surface area contributed by atoms with Crippen molar-refractivity contribution in [3.63, 3.8) is 0 Å². The number of nitrogens with zero attached hydrogens (tertiary/aromatic N) is 1. The maximum atomic E-state index is 12.8. The lowest BCUT2D eigenvalue weighted by atomic mass is 9.85. The molecular weight excluding hydrogens is 340 g/mol. The summed E-state index contributed by atoms with van der Waals surface area (Å²) >= 11 is 0. The van der Waals surface area contributed by atoms with E-state index in [4.69, 9.17) is 0 Å². The predicted molar refractivity (Wildman–Crippen MR) is 99.2 cm³/mol. The van der Waals surface area contributed by atoms with Gasteiger partial charge in [-0.2, -0.15) is 0 Å². The van der Waals surface area contributed by atoms with Crippen LogP contribution >= 0.6 is 0 Å². The monoisotopic (exact) mass is 364 g/mol. The van der Waals surface area contributed by atoms with Gasteiger partial charge in [-0.1, -0.05) is 42.0 Å². The van der Waals surface area contributed by atoms with Gasteiger partial charge in [0.2, 0.25) is 17.7 Å². The van der Waals surface area contributed by atoms with Crippen molar-refractivity contribution < 1.29 is 14.4 Å². The van der Waals surface area contributed by atoms with E-state index in [0.29, 0.717) is 5.92 Å². The van der Waals surface area contributed by atoms with Gasteiger partial charge in [-0.25, -0.2) is 0 Å². The maximum absolute atomic E-state index is 12.8. The van der Waals surface area contributed by atoms with E-state index in [2.05, 4.69) is 29.6 Å². The number of hydrogen-bond acceptors (Lipinski definition) is 3. The molecule has 5 unspecified atom stereocenters. The molecule has 5 nitrogen and oxygen atoms in total. The van der Waals surface area contributed by atoms with E-state index in [0.717, 1.165) is 24.8 Å². The van der Waals surface area contributed by atoms with Gasteiger partial charge in [-0.3, -0.25) is 19.3 Å². The Labute approximate surface area is 158 Å². The van der Waals surface area contributed by atoms with Crippen molar-refractivity contribution in [2.24, 2.45) is 29.6 Å². The average molecular weight is 364 g/mol. The van der Waals surface area contributed by atoms with Gasteiger partial charge in [0.05, 0.1) is 17.9 Å². The zero-order chi connectivity index (χ0) is 18.7. The molecule has 1 heterocycles. The third-order valence-electron chi connectivity index (χ3n) is 6.71. The third-order valence-corrected chi connectivity index (χ3v) is 6.71. The standard InChI is InChI=1S/C22H24N2O3/c1-12-2-4-13(5-3-12)20(14-6-7-14)23-17(25)11-24-21(26)18-15-8-9-16(10-15)19(18)22(24)27/h2-5,8-9,14-16,18-20H,6-7,10-11H2,1H3,(H,23,25). The summed E-state index contributed by atoms with van der Waals surface area (Å²) in [4.78, 5) is 39.4. The molecule has 3 amide bonds. The summed E-state index contributed by atoms with van der Waals surface area (Å²) < 4.78 is 0. The summed E-state index contributed by atoms with van der Waals surface area (Å²) in [6.45, 7) is 1.89. The van der Waals surface area contributed by atoms with E-state index >= 15 is 0 Å². The number of rotatable bonds is 5. The van der Waals surface area contributed by atoms with Crippen molar-refractivity contribution in [1.29, 1.82) is 0 Å². The molecule has 5 heteroatoms. The Balaban J connectivity index is 1.28. The van der Waals surface area contributed by atoms with Crippen LogP contribution in [-0.4, -0.2) is 29.2 Å². The molecule has 140 valence electrons. The first-order valence-electron chi connectivity index (χ1n) is 9.92. The fourth-order valence-corrected chi connectivity index (χ4v) is 5.16. The first-order chi connectivity index (χ1) is 13.0. The smallest absolute Gasteiger partial charge is 0.240 e. The Morgan fingerprint density at radius 3 is 2.22 bits per heavy atom. The number of allylic oxidation sites excluding steroid dienone is 2. The van der Waals surface area contributed by atoms with E-state index < -0.39 is 0 Å². The second-order valence-electron chi connectivity index (χ2n) is 8.56. The SMILES string of the molecule is Cc1ccc(C(NC(=O)CN2C(=O)C3C4C=CC(C4)C3C2=O)C2CC2)cc1. The number of nitrogens with one attached hydrogen (secondary N) is 1. The molecule has 0 radical (unpaired) electrons. The molecule has 1 saturated heterocycles. The van der Waals surface area contributed by atoms with Crippen molar-refractivity contribution >= 4 is 17.7 Å². The lowest BCUT2D eigenvalue weighted by molar-refractivity contribution is -0.144. The van der Waals surface area contributed by atoms with Crippen LogP contribution in [-0.2, 0) is 14.4 Å². The van der Waals surface area contributed by atoms with Crippen LogP contribution in [0.5, 0.6) is 0 Å². The number of imide groups is 1. The van der Waals surface area contributed by atoms with Crippen LogP contribution in [0.25, 0.3) is 0 Å². The number of carbonyl (C=O) groups excluding carboxylic acids is 3. The summed E-state index contributed by atoms with van der Waals surface area (Å²) in [6.07, 6.45) is 7.24. The number of carbonyl (C=O) groups is 3. The fraction of sp³-hybridized carbons (Fsp3) is 0.500. The van der Waals surface area contributed by atoms with Crippen molar-refractivity contribution in [3.05, 3.63) is 47.5 Å². The molecule has 5 rings (SSSR count). The molecule has 1 aliphatic heterocycles. The summed E-state index contributed by atoms with van der Waals surface area (Å²) in [5, 5.41) is 3.09. The fourth-order valence-electron chi connectivity index (χ4n) is 5.16. The van der Waals surface area contributed by atoms with Crippen LogP contribution < -0.4 is 5.32 Å². The van der Waals surface area contributed by atoms with Crippen molar-refractivity contribution in [3.8, 4) is 0 Å². The van der Waals surface area contributed by atoms with E-state index in [1.807, 2.05) is 19.1 Å². The Hall–Kier alpha value is -2.43. The van der Waals surface area contributed by atoms with Crippen molar-refractivity contribution in [2.45, 2.75) is 32.2 Å². The predicted octanol–water partition coefficient (Wildman–Crippen LogP) is 2.37. The molecule has 3 aliphatic carbocycles. The van der Waals surface area contributed by atoms with Gasteiger partial charge in [0.25, 0.3) is 0 Å². The van der Waals surface area contributed by atoms with Crippen LogP contribution in [0.1, 0.15) is 36.4 Å². The summed E-state index contributed by atoms with van der Waals surface area (Å²) in [6, 6.07) is 8.17. The Morgan fingerprint density at radius 1 is 1.07 bits per heavy atom. The van der Waals surface area contributed by atoms with Crippen LogP contribution in [0, 0.1) is 36.5 Å². The number of hydrogen-bond donors (Lipinski definition) is 1. The van der Waals surface area contributed by atoms with Crippen molar-refractivity contribution in [2.75, 3.05) is 6.54 Å². The van der Waals surface area contributed by atoms with Crippen LogP contribution in [0.3, 0.4) is 0 Å². The molecule has 1 aromatic carbocycles. The van der Waals surface area contributed by atoms with Gasteiger partial charge in [-0.15, -0.1) is 0 Å². The largest absolute Gasteiger partial charge is 0.347 e. The number of likely N-dealkylation sites (tertiary alicyclic amines) is 1. The maximum Gasteiger partial charge on any atom is 0.240 e. The molecule has 0 spiro atoms. The van der Waals surface area contributed by atoms with E-state index in [1.165, 1.54) is 10.5 Å². The normalized spacial score (nSPS) is 32.1. The minimum absolute atomic E-state index is 0.0387. The van der Waals surface area contributed by atoms with Gasteiger partial charge >= 0.3 is 0 Å². The zero-order valence-corrected chi connectivity index (χ0v) is 15.4.